The molecule has 0 aliphatic rings. The van der Waals surface area contributed by atoms with E-state index in [2.05, 4.69) is 15.4 Å². The Morgan fingerprint density at radius 3 is 2.84 bits per heavy atom. The van der Waals surface area contributed by atoms with Crippen molar-refractivity contribution in [2.24, 2.45) is 5.84 Å². The molecule has 0 bridgehead atoms. The first-order valence-corrected chi connectivity index (χ1v) is 5.39. The number of anilines is 1. The van der Waals surface area contributed by atoms with Crippen LogP contribution in [0.5, 0.6) is 11.6 Å². The molecule has 98 valence electrons. The van der Waals surface area contributed by atoms with E-state index in [-0.39, 0.29) is 28.3 Å². The van der Waals surface area contributed by atoms with E-state index in [1.165, 1.54) is 30.5 Å². The van der Waals surface area contributed by atoms with E-state index in [1.807, 2.05) is 0 Å². The van der Waals surface area contributed by atoms with Gasteiger partial charge in [0.2, 0.25) is 11.8 Å². The van der Waals surface area contributed by atoms with E-state index >= 15 is 0 Å². The molecule has 1 heterocycles. The summed E-state index contributed by atoms with van der Waals surface area (Å²) in [5, 5.41) is 10.7. The Hall–Kier alpha value is -2.45. The van der Waals surface area contributed by atoms with E-state index in [4.69, 9.17) is 22.2 Å². The summed E-state index contributed by atoms with van der Waals surface area (Å²) in [6, 6.07) is 5.36. The number of nitrogens with zero attached hydrogens (tertiary/aromatic N) is 3. The molecule has 0 atom stereocenters. The van der Waals surface area contributed by atoms with Gasteiger partial charge in [-0.3, -0.25) is 15.5 Å². The Bertz CT molecular complexity index is 622. The first-order chi connectivity index (χ1) is 9.10. The third-order valence-electron chi connectivity index (χ3n) is 2.10. The highest BCUT2D eigenvalue weighted by atomic mass is 35.5. The van der Waals surface area contributed by atoms with Crippen molar-refractivity contribution in [1.29, 1.82) is 0 Å². The number of halogens is 1. The number of nitrogens with one attached hydrogen (secondary N) is 1. The maximum absolute atomic E-state index is 10.6. The zero-order valence-corrected chi connectivity index (χ0v) is 10.2. The van der Waals surface area contributed by atoms with Gasteiger partial charge in [0, 0.05) is 24.4 Å². The lowest BCUT2D eigenvalue weighted by Crippen LogP contribution is -2.10. The molecule has 0 aliphatic carbocycles. The van der Waals surface area contributed by atoms with Gasteiger partial charge in [-0.1, -0.05) is 11.6 Å². The number of benzene rings is 1. The van der Waals surface area contributed by atoms with Crippen LogP contribution in [-0.2, 0) is 0 Å². The third-order valence-corrected chi connectivity index (χ3v) is 2.40. The van der Waals surface area contributed by atoms with Crippen LogP contribution in [0.15, 0.2) is 30.5 Å². The first-order valence-electron chi connectivity index (χ1n) is 5.01. The van der Waals surface area contributed by atoms with Gasteiger partial charge in [0.1, 0.15) is 5.75 Å². The lowest BCUT2D eigenvalue weighted by molar-refractivity contribution is -0.384. The number of nitro groups is 1. The standard InChI is InChI=1S/C10H8ClN5O3/c11-7-5-6(16(17)18)1-2-8(7)19-9-3-4-13-10(14-9)15-12/h1-5H,12H2,(H,13,14,15). The van der Waals surface area contributed by atoms with Crippen LogP contribution in [0.2, 0.25) is 5.02 Å². The number of ether oxygens (including phenoxy) is 1. The number of hydrazine groups is 1. The zero-order valence-electron chi connectivity index (χ0n) is 9.41. The fourth-order valence-electron chi connectivity index (χ4n) is 1.27. The quantitative estimate of drug-likeness (QED) is 0.501. The van der Waals surface area contributed by atoms with Crippen molar-refractivity contribution in [3.8, 4) is 11.6 Å². The number of nitrogens with two attached hydrogens (primary N) is 1. The van der Waals surface area contributed by atoms with E-state index in [1.54, 1.807) is 0 Å². The van der Waals surface area contributed by atoms with Crippen molar-refractivity contribution < 1.29 is 9.66 Å². The van der Waals surface area contributed by atoms with Gasteiger partial charge in [-0.15, -0.1) is 0 Å². The second-order valence-corrected chi connectivity index (χ2v) is 3.74. The molecule has 0 unspecified atom stereocenters. The molecule has 1 aromatic heterocycles. The minimum Gasteiger partial charge on any atom is -0.437 e. The number of hydrogen-bond acceptors (Lipinski definition) is 7. The number of hydrogen-bond donors (Lipinski definition) is 2. The average Bonchev–Trinajstić information content (AvgIpc) is 2.41. The van der Waals surface area contributed by atoms with Gasteiger partial charge in [-0.25, -0.2) is 10.8 Å². The van der Waals surface area contributed by atoms with Gasteiger partial charge in [-0.2, -0.15) is 4.98 Å². The van der Waals surface area contributed by atoms with Crippen molar-refractivity contribution in [1.82, 2.24) is 9.97 Å². The van der Waals surface area contributed by atoms with E-state index < -0.39 is 4.92 Å². The van der Waals surface area contributed by atoms with Crippen LogP contribution in [0.25, 0.3) is 0 Å². The molecule has 0 saturated heterocycles. The number of rotatable bonds is 4. The summed E-state index contributed by atoms with van der Waals surface area (Å²) in [7, 11) is 0. The largest absolute Gasteiger partial charge is 0.437 e. The van der Waals surface area contributed by atoms with Crippen molar-refractivity contribution >= 4 is 23.2 Å². The minimum absolute atomic E-state index is 0.107. The molecule has 0 radical (unpaired) electrons. The zero-order chi connectivity index (χ0) is 13.8. The van der Waals surface area contributed by atoms with Crippen molar-refractivity contribution in [3.05, 3.63) is 45.6 Å². The SMILES string of the molecule is NNc1nccc(Oc2ccc([N+](=O)[O-])cc2Cl)n1. The lowest BCUT2D eigenvalue weighted by atomic mass is 10.3. The van der Waals surface area contributed by atoms with Gasteiger partial charge in [-0.05, 0) is 6.07 Å². The molecule has 19 heavy (non-hydrogen) atoms. The molecule has 1 aromatic carbocycles. The molecule has 0 fully saturated rings. The Kier molecular flexibility index (Phi) is 3.74. The highest BCUT2D eigenvalue weighted by Gasteiger charge is 2.11. The molecule has 8 nitrogen and oxygen atoms in total. The van der Waals surface area contributed by atoms with Crippen LogP contribution in [0.3, 0.4) is 0 Å². The fraction of sp³-hybridized carbons (Fsp3) is 0. The maximum atomic E-state index is 10.6. The predicted molar refractivity (Wildman–Crippen MR) is 68.0 cm³/mol. The molecule has 2 aromatic rings. The summed E-state index contributed by atoms with van der Waals surface area (Å²) in [6.45, 7) is 0. The molecular formula is C10H8ClN5O3. The predicted octanol–water partition coefficient (Wildman–Crippen LogP) is 2.12. The monoisotopic (exact) mass is 281 g/mol. The van der Waals surface area contributed by atoms with Gasteiger partial charge in [0.25, 0.3) is 5.69 Å². The topological polar surface area (TPSA) is 116 Å². The molecule has 0 spiro atoms. The number of nitrogen functional groups attached to an aromatic ring is 1. The second kappa shape index (κ2) is 5.46. The van der Waals surface area contributed by atoms with E-state index in [0.29, 0.717) is 0 Å². The van der Waals surface area contributed by atoms with Crippen LogP contribution in [0, 0.1) is 10.1 Å². The molecule has 0 saturated carbocycles. The summed E-state index contributed by atoms with van der Waals surface area (Å²) in [6.07, 6.45) is 1.44. The van der Waals surface area contributed by atoms with Crippen LogP contribution in [0.1, 0.15) is 0 Å². The second-order valence-electron chi connectivity index (χ2n) is 3.34. The highest BCUT2D eigenvalue weighted by molar-refractivity contribution is 6.32. The summed E-state index contributed by atoms with van der Waals surface area (Å²) < 4.78 is 5.39. The summed E-state index contributed by atoms with van der Waals surface area (Å²) >= 11 is 5.88. The average molecular weight is 282 g/mol. The highest BCUT2D eigenvalue weighted by Crippen LogP contribution is 2.31. The number of non-ortho nitro benzene ring substituents is 1. The Labute approximate surface area is 112 Å². The van der Waals surface area contributed by atoms with Gasteiger partial charge in [0.15, 0.2) is 0 Å². The molecule has 0 aliphatic heterocycles. The molecule has 2 rings (SSSR count). The van der Waals surface area contributed by atoms with Crippen molar-refractivity contribution in [3.63, 3.8) is 0 Å². The minimum atomic E-state index is -0.545. The Morgan fingerprint density at radius 2 is 2.21 bits per heavy atom. The third kappa shape index (κ3) is 3.06. The number of aromatic nitrogens is 2. The smallest absolute Gasteiger partial charge is 0.271 e. The Morgan fingerprint density at radius 1 is 1.42 bits per heavy atom. The molecular weight excluding hydrogens is 274 g/mol. The fourth-order valence-corrected chi connectivity index (χ4v) is 1.48. The summed E-state index contributed by atoms with van der Waals surface area (Å²) in [5.74, 6) is 5.79. The summed E-state index contributed by atoms with van der Waals surface area (Å²) in [5.41, 5.74) is 2.15. The molecule has 9 heteroatoms. The first kappa shape index (κ1) is 13.0. The van der Waals surface area contributed by atoms with Crippen LogP contribution in [0.4, 0.5) is 11.6 Å². The van der Waals surface area contributed by atoms with Crippen molar-refractivity contribution in [2.75, 3.05) is 5.43 Å². The summed E-state index contributed by atoms with van der Waals surface area (Å²) in [4.78, 5) is 17.8. The molecule has 3 N–H and O–H groups in total. The van der Waals surface area contributed by atoms with Crippen LogP contribution >= 0.6 is 11.6 Å². The Balaban J connectivity index is 2.25. The van der Waals surface area contributed by atoms with E-state index in [0.717, 1.165) is 0 Å². The maximum Gasteiger partial charge on any atom is 0.271 e. The lowest BCUT2D eigenvalue weighted by Gasteiger charge is -2.07. The number of nitro benzene ring substituents is 1. The van der Waals surface area contributed by atoms with Crippen LogP contribution < -0.4 is 16.0 Å². The van der Waals surface area contributed by atoms with Gasteiger partial charge >= 0.3 is 0 Å². The van der Waals surface area contributed by atoms with Crippen molar-refractivity contribution in [2.45, 2.75) is 0 Å². The normalized spacial score (nSPS) is 10.0. The van der Waals surface area contributed by atoms with Gasteiger partial charge in [0.05, 0.1) is 9.95 Å². The van der Waals surface area contributed by atoms with E-state index in [9.17, 15) is 10.1 Å². The van der Waals surface area contributed by atoms with Gasteiger partial charge < -0.3 is 4.74 Å². The van der Waals surface area contributed by atoms with Crippen LogP contribution in [-0.4, -0.2) is 14.9 Å². The molecule has 0 amide bonds.